The van der Waals surface area contributed by atoms with E-state index in [4.69, 9.17) is 11.6 Å². The van der Waals surface area contributed by atoms with Crippen LogP contribution in [0.1, 0.15) is 32.6 Å². The highest BCUT2D eigenvalue weighted by molar-refractivity contribution is 6.31. The zero-order valence-corrected chi connectivity index (χ0v) is 21.2. The van der Waals surface area contributed by atoms with Crippen molar-refractivity contribution in [2.24, 2.45) is 5.92 Å². The molecule has 2 N–H and O–H groups in total. The Hall–Kier alpha value is -3.60. The number of carbonyl (C=O) groups is 2. The zero-order valence-electron chi connectivity index (χ0n) is 20.5. The van der Waals surface area contributed by atoms with Gasteiger partial charge in [0.2, 0.25) is 17.8 Å². The summed E-state index contributed by atoms with van der Waals surface area (Å²) in [5.41, 5.74) is 1.66. The van der Waals surface area contributed by atoms with E-state index in [0.717, 1.165) is 25.7 Å². The van der Waals surface area contributed by atoms with E-state index in [9.17, 15) is 14.0 Å². The molecule has 194 valence electrons. The number of nitrogens with zero attached hydrogens (tertiary/aromatic N) is 6. The topological polar surface area (TPSA) is 116 Å². The molecule has 1 aliphatic carbocycles. The lowest BCUT2D eigenvalue weighted by atomic mass is 9.85. The molecule has 0 spiro atoms. The first-order valence-corrected chi connectivity index (χ1v) is 12.8. The van der Waals surface area contributed by atoms with Crippen molar-refractivity contribution in [3.8, 4) is 0 Å². The average Bonchev–Trinajstić information content (AvgIpc) is 2.91. The summed E-state index contributed by atoms with van der Waals surface area (Å²) in [4.78, 5) is 45.8. The Morgan fingerprint density at radius 2 is 1.76 bits per heavy atom. The minimum absolute atomic E-state index is 0.00573. The largest absolute Gasteiger partial charge is 0.351 e. The fourth-order valence-corrected chi connectivity index (χ4v) is 5.07. The quantitative estimate of drug-likeness (QED) is 0.518. The molecular formula is C25H28ClFN8O2. The second kappa shape index (κ2) is 10.8. The van der Waals surface area contributed by atoms with E-state index < -0.39 is 5.82 Å². The normalized spacial score (nSPS) is 20.1. The lowest BCUT2D eigenvalue weighted by molar-refractivity contribution is -0.142. The Morgan fingerprint density at radius 1 is 1.03 bits per heavy atom. The molecule has 10 nitrogen and oxygen atoms in total. The van der Waals surface area contributed by atoms with Crippen molar-refractivity contribution >= 4 is 51.9 Å². The lowest BCUT2D eigenvalue weighted by Crippen LogP contribution is -2.52. The van der Waals surface area contributed by atoms with Gasteiger partial charge in [-0.25, -0.2) is 24.3 Å². The molecule has 0 radical (unpaired) electrons. The number of hydrogen-bond acceptors (Lipinski definition) is 8. The van der Waals surface area contributed by atoms with Crippen molar-refractivity contribution in [1.29, 1.82) is 0 Å². The van der Waals surface area contributed by atoms with Gasteiger partial charge in [0.25, 0.3) is 0 Å². The third-order valence-corrected chi connectivity index (χ3v) is 7.30. The smallest absolute Gasteiger partial charge is 0.225 e. The van der Waals surface area contributed by atoms with Gasteiger partial charge in [-0.2, -0.15) is 0 Å². The van der Waals surface area contributed by atoms with Crippen molar-refractivity contribution in [3.63, 3.8) is 0 Å². The van der Waals surface area contributed by atoms with Gasteiger partial charge in [0, 0.05) is 50.7 Å². The van der Waals surface area contributed by atoms with Crippen molar-refractivity contribution in [2.75, 3.05) is 36.8 Å². The summed E-state index contributed by atoms with van der Waals surface area (Å²) in [6.07, 6.45) is 6.28. The second-order valence-corrected chi connectivity index (χ2v) is 9.84. The molecule has 1 aliphatic heterocycles. The van der Waals surface area contributed by atoms with Crippen LogP contribution in [0, 0.1) is 11.7 Å². The summed E-state index contributed by atoms with van der Waals surface area (Å²) in [6.45, 7) is 3.98. The van der Waals surface area contributed by atoms with E-state index >= 15 is 0 Å². The van der Waals surface area contributed by atoms with Crippen LogP contribution >= 0.6 is 11.6 Å². The molecular weight excluding hydrogens is 499 g/mol. The van der Waals surface area contributed by atoms with Gasteiger partial charge in [-0.3, -0.25) is 9.59 Å². The predicted molar refractivity (Wildman–Crippen MR) is 138 cm³/mol. The van der Waals surface area contributed by atoms with Crippen LogP contribution in [0.2, 0.25) is 5.02 Å². The first-order chi connectivity index (χ1) is 17.9. The minimum atomic E-state index is -0.499. The Bertz CT molecular complexity index is 1310. The van der Waals surface area contributed by atoms with Crippen LogP contribution in [0.5, 0.6) is 0 Å². The Kier molecular flexibility index (Phi) is 7.31. The van der Waals surface area contributed by atoms with E-state index in [-0.39, 0.29) is 28.8 Å². The van der Waals surface area contributed by atoms with Gasteiger partial charge in [0.1, 0.15) is 23.2 Å². The van der Waals surface area contributed by atoms with E-state index in [1.165, 1.54) is 18.5 Å². The van der Waals surface area contributed by atoms with Crippen LogP contribution in [-0.4, -0.2) is 73.8 Å². The number of nitrogens with one attached hydrogen (secondary N) is 2. The average molecular weight is 527 g/mol. The molecule has 2 aliphatic rings. The fraction of sp³-hybridized carbons (Fsp3) is 0.440. The third kappa shape index (κ3) is 5.71. The van der Waals surface area contributed by atoms with Gasteiger partial charge in [0.05, 0.1) is 11.2 Å². The Morgan fingerprint density at radius 3 is 2.46 bits per heavy atom. The third-order valence-electron chi connectivity index (χ3n) is 7.01. The molecule has 2 fully saturated rings. The molecule has 1 aromatic carbocycles. The first-order valence-electron chi connectivity index (χ1n) is 12.4. The number of rotatable bonds is 5. The zero-order chi connectivity index (χ0) is 25.9. The van der Waals surface area contributed by atoms with Crippen molar-refractivity contribution in [1.82, 2.24) is 29.7 Å². The Balaban J connectivity index is 1.20. The molecule has 1 saturated carbocycles. The van der Waals surface area contributed by atoms with E-state index in [1.807, 2.05) is 4.90 Å². The van der Waals surface area contributed by atoms with Gasteiger partial charge in [-0.1, -0.05) is 11.6 Å². The molecule has 2 aromatic heterocycles. The van der Waals surface area contributed by atoms with Gasteiger partial charge in [-0.05, 0) is 43.9 Å². The minimum Gasteiger partial charge on any atom is -0.351 e. The monoisotopic (exact) mass is 526 g/mol. The second-order valence-electron chi connectivity index (χ2n) is 9.43. The summed E-state index contributed by atoms with van der Waals surface area (Å²) in [5.74, 6) is 0.669. The van der Waals surface area contributed by atoms with Gasteiger partial charge >= 0.3 is 0 Å². The van der Waals surface area contributed by atoms with Crippen molar-refractivity contribution in [2.45, 2.75) is 38.6 Å². The highest BCUT2D eigenvalue weighted by Gasteiger charge is 2.31. The van der Waals surface area contributed by atoms with Crippen LogP contribution in [-0.2, 0) is 9.59 Å². The molecule has 2 amide bonds. The fourth-order valence-electron chi connectivity index (χ4n) is 4.89. The molecule has 5 rings (SSSR count). The van der Waals surface area contributed by atoms with E-state index in [0.29, 0.717) is 54.7 Å². The predicted octanol–water partition coefficient (Wildman–Crippen LogP) is 3.62. The van der Waals surface area contributed by atoms with E-state index in [2.05, 4.69) is 30.6 Å². The van der Waals surface area contributed by atoms with Crippen LogP contribution in [0.25, 0.3) is 11.0 Å². The molecule has 0 unspecified atom stereocenters. The highest BCUT2D eigenvalue weighted by atomic mass is 35.5. The SMILES string of the molecule is CC(=O)N1CCN(C(=O)C2CCC(Nc3ncc4ncnc(Nc5ccc(F)c(Cl)c5)c4n3)CC2)CC1. The van der Waals surface area contributed by atoms with Gasteiger partial charge in [-0.15, -0.1) is 0 Å². The standard InChI is InChI=1S/C25H28ClFN8O2/c1-15(36)34-8-10-35(11-9-34)24(37)16-2-4-17(5-3-16)32-25-28-13-21-22(33-25)23(30-14-29-21)31-18-6-7-20(27)19(26)12-18/h6-7,12-14,16-17H,2-5,8-11H2,1H3,(H,28,32,33)(H,29,30,31). The molecule has 12 heteroatoms. The number of benzene rings is 1. The molecule has 3 heterocycles. The van der Waals surface area contributed by atoms with Crippen LogP contribution in [0.4, 0.5) is 21.8 Å². The van der Waals surface area contributed by atoms with Crippen LogP contribution in [0.15, 0.2) is 30.7 Å². The summed E-state index contributed by atoms with van der Waals surface area (Å²) < 4.78 is 13.5. The molecule has 0 bridgehead atoms. The number of halogens is 2. The molecule has 37 heavy (non-hydrogen) atoms. The maximum Gasteiger partial charge on any atom is 0.225 e. The molecule has 3 aromatic rings. The molecule has 0 atom stereocenters. The number of anilines is 3. The summed E-state index contributed by atoms with van der Waals surface area (Å²) in [5, 5.41) is 6.52. The van der Waals surface area contributed by atoms with Gasteiger partial charge in [0.15, 0.2) is 5.82 Å². The Labute approximate surface area is 218 Å². The number of fused-ring (bicyclic) bond motifs is 1. The van der Waals surface area contributed by atoms with Crippen LogP contribution < -0.4 is 10.6 Å². The molecule has 1 saturated heterocycles. The summed E-state index contributed by atoms with van der Waals surface area (Å²) in [6, 6.07) is 4.48. The maximum absolute atomic E-state index is 13.5. The number of carbonyl (C=O) groups excluding carboxylic acids is 2. The van der Waals surface area contributed by atoms with Crippen molar-refractivity contribution < 1.29 is 14.0 Å². The summed E-state index contributed by atoms with van der Waals surface area (Å²) in [7, 11) is 0. The summed E-state index contributed by atoms with van der Waals surface area (Å²) >= 11 is 5.90. The lowest BCUT2D eigenvalue weighted by Gasteiger charge is -2.37. The number of aromatic nitrogens is 4. The van der Waals surface area contributed by atoms with Crippen LogP contribution in [0.3, 0.4) is 0 Å². The maximum atomic E-state index is 13.5. The van der Waals surface area contributed by atoms with E-state index in [1.54, 1.807) is 24.1 Å². The number of hydrogen-bond donors (Lipinski definition) is 2. The first kappa shape index (κ1) is 25.1. The number of piperazine rings is 1. The number of amides is 2. The highest BCUT2D eigenvalue weighted by Crippen LogP contribution is 2.29. The van der Waals surface area contributed by atoms with Crippen molar-refractivity contribution in [3.05, 3.63) is 41.6 Å². The van der Waals surface area contributed by atoms with Gasteiger partial charge < -0.3 is 20.4 Å².